The van der Waals surface area contributed by atoms with E-state index in [1.165, 1.54) is 19.3 Å². The maximum atomic E-state index is 13.3. The highest BCUT2D eigenvalue weighted by atomic mass is 16.2. The van der Waals surface area contributed by atoms with Crippen LogP contribution in [0.25, 0.3) is 10.9 Å². The summed E-state index contributed by atoms with van der Waals surface area (Å²) in [5.74, 6) is 0.148. The molecule has 8 nitrogen and oxygen atoms in total. The van der Waals surface area contributed by atoms with Crippen LogP contribution in [0.2, 0.25) is 0 Å². The van der Waals surface area contributed by atoms with Crippen LogP contribution in [0.3, 0.4) is 0 Å². The second-order valence-electron chi connectivity index (χ2n) is 11.4. The SMILES string of the molecule is CC(=O)N1CCCC(N(C)CCN2[C@@H]3CC[C@H]2C[C@H](NC(=O)c2nn(C(C)C)c4ccccc24)C3)C1. The van der Waals surface area contributed by atoms with Gasteiger partial charge in [0.1, 0.15) is 0 Å². The van der Waals surface area contributed by atoms with Gasteiger partial charge in [0, 0.05) is 68.7 Å². The van der Waals surface area contributed by atoms with Crippen molar-refractivity contribution in [2.24, 2.45) is 0 Å². The van der Waals surface area contributed by atoms with Gasteiger partial charge in [-0.15, -0.1) is 0 Å². The van der Waals surface area contributed by atoms with E-state index >= 15 is 0 Å². The minimum absolute atomic E-state index is 0.0458. The Kier molecular flexibility index (Phi) is 7.35. The summed E-state index contributed by atoms with van der Waals surface area (Å²) in [4.78, 5) is 32.3. The maximum Gasteiger partial charge on any atom is 0.272 e. The summed E-state index contributed by atoms with van der Waals surface area (Å²) in [5.41, 5.74) is 1.56. The van der Waals surface area contributed by atoms with Crippen LogP contribution in [0.1, 0.15) is 75.8 Å². The van der Waals surface area contributed by atoms with E-state index in [-0.39, 0.29) is 23.9 Å². The molecule has 0 saturated carbocycles. The van der Waals surface area contributed by atoms with Crippen molar-refractivity contribution in [3.8, 4) is 0 Å². The molecule has 0 spiro atoms. The van der Waals surface area contributed by atoms with Crippen molar-refractivity contribution in [3.05, 3.63) is 30.0 Å². The first-order valence-corrected chi connectivity index (χ1v) is 13.8. The van der Waals surface area contributed by atoms with Crippen molar-refractivity contribution in [2.75, 3.05) is 33.2 Å². The number of rotatable bonds is 7. The number of likely N-dealkylation sites (tertiary alicyclic amines) is 1. The number of carbonyl (C=O) groups excluding carboxylic acids is 2. The van der Waals surface area contributed by atoms with Crippen LogP contribution >= 0.6 is 0 Å². The Balaban J connectivity index is 1.17. The predicted molar refractivity (Wildman–Crippen MR) is 142 cm³/mol. The molecule has 1 aromatic heterocycles. The predicted octanol–water partition coefficient (Wildman–Crippen LogP) is 3.29. The molecule has 3 aliphatic rings. The summed E-state index contributed by atoms with van der Waals surface area (Å²) in [7, 11) is 2.21. The van der Waals surface area contributed by atoms with Crippen LogP contribution in [0.5, 0.6) is 0 Å². The van der Waals surface area contributed by atoms with E-state index < -0.39 is 0 Å². The van der Waals surface area contributed by atoms with Gasteiger partial charge >= 0.3 is 0 Å². The monoisotopic (exact) mass is 494 g/mol. The van der Waals surface area contributed by atoms with E-state index in [0.29, 0.717) is 23.8 Å². The van der Waals surface area contributed by atoms with Crippen LogP contribution in [-0.4, -0.2) is 93.7 Å². The first-order chi connectivity index (χ1) is 17.3. The normalized spacial score (nSPS) is 26.8. The van der Waals surface area contributed by atoms with E-state index in [9.17, 15) is 9.59 Å². The summed E-state index contributed by atoms with van der Waals surface area (Å²) < 4.78 is 1.95. The van der Waals surface area contributed by atoms with Crippen LogP contribution in [0.15, 0.2) is 24.3 Å². The molecular formula is C28H42N6O2. The van der Waals surface area contributed by atoms with Gasteiger partial charge in [0.15, 0.2) is 5.69 Å². The number of aromatic nitrogens is 2. The molecule has 3 aliphatic heterocycles. The van der Waals surface area contributed by atoms with Crippen molar-refractivity contribution in [1.29, 1.82) is 0 Å². The largest absolute Gasteiger partial charge is 0.348 e. The fraction of sp³-hybridized carbons (Fsp3) is 0.679. The second kappa shape index (κ2) is 10.5. The molecule has 3 fully saturated rings. The third-order valence-corrected chi connectivity index (χ3v) is 8.71. The molecule has 2 aromatic rings. The molecule has 196 valence electrons. The van der Waals surface area contributed by atoms with Crippen LogP contribution < -0.4 is 5.32 Å². The molecule has 0 radical (unpaired) electrons. The summed E-state index contributed by atoms with van der Waals surface area (Å²) in [6, 6.07) is 9.95. The molecule has 8 heteroatoms. The Bertz CT molecular complexity index is 1080. The standard InChI is InChI=1S/C28H42N6O2/c1-19(2)34-26-10-6-5-9-25(26)27(30-34)28(36)29-21-16-22-11-12-23(17-21)33(22)15-14-31(4)24-8-7-13-32(18-24)20(3)35/h5-6,9-10,19,21-24H,7-8,11-18H2,1-4H3,(H,29,36)/t21-,22-,23+,24?. The number of fused-ring (bicyclic) bond motifs is 3. The average molecular weight is 495 g/mol. The highest BCUT2D eigenvalue weighted by Gasteiger charge is 2.41. The topological polar surface area (TPSA) is 73.7 Å². The molecule has 1 N–H and O–H groups in total. The van der Waals surface area contributed by atoms with Gasteiger partial charge in [-0.25, -0.2) is 0 Å². The molecule has 2 bridgehead atoms. The number of nitrogens with one attached hydrogen (secondary N) is 1. The molecule has 3 saturated heterocycles. The van der Waals surface area contributed by atoms with Crippen molar-refractivity contribution >= 4 is 22.7 Å². The number of likely N-dealkylation sites (N-methyl/N-ethyl adjacent to an activating group) is 1. The fourth-order valence-corrected chi connectivity index (χ4v) is 6.72. The number of nitrogens with zero attached hydrogens (tertiary/aromatic N) is 5. The number of piperidine rings is 2. The molecular weight excluding hydrogens is 452 g/mol. The summed E-state index contributed by atoms with van der Waals surface area (Å²) >= 11 is 0. The molecule has 1 unspecified atom stereocenters. The first-order valence-electron chi connectivity index (χ1n) is 13.8. The summed E-state index contributed by atoms with van der Waals surface area (Å²) in [5, 5.41) is 8.97. The van der Waals surface area contributed by atoms with Gasteiger partial charge in [-0.05, 0) is 65.5 Å². The van der Waals surface area contributed by atoms with Gasteiger partial charge in [-0.3, -0.25) is 19.2 Å². The van der Waals surface area contributed by atoms with Gasteiger partial charge in [0.05, 0.1) is 5.52 Å². The van der Waals surface area contributed by atoms with Crippen molar-refractivity contribution in [1.82, 2.24) is 29.8 Å². The van der Waals surface area contributed by atoms with Gasteiger partial charge in [0.2, 0.25) is 5.91 Å². The minimum Gasteiger partial charge on any atom is -0.348 e. The third-order valence-electron chi connectivity index (χ3n) is 8.71. The summed E-state index contributed by atoms with van der Waals surface area (Å²) in [6.07, 6.45) is 6.71. The lowest BCUT2D eigenvalue weighted by molar-refractivity contribution is -0.130. The zero-order chi connectivity index (χ0) is 25.4. The Hall–Kier alpha value is -2.45. The molecule has 4 atom stereocenters. The van der Waals surface area contributed by atoms with Gasteiger partial charge in [-0.1, -0.05) is 18.2 Å². The van der Waals surface area contributed by atoms with Crippen LogP contribution in [0.4, 0.5) is 0 Å². The van der Waals surface area contributed by atoms with E-state index in [2.05, 4.69) is 36.0 Å². The van der Waals surface area contributed by atoms with Crippen molar-refractivity contribution in [2.45, 2.75) is 89.5 Å². The Morgan fingerprint density at radius 3 is 2.56 bits per heavy atom. The van der Waals surface area contributed by atoms with E-state index in [1.54, 1.807) is 6.92 Å². The fourth-order valence-electron chi connectivity index (χ4n) is 6.72. The van der Waals surface area contributed by atoms with Crippen molar-refractivity contribution < 1.29 is 9.59 Å². The third kappa shape index (κ3) is 5.02. The first kappa shape index (κ1) is 25.2. The van der Waals surface area contributed by atoms with Crippen molar-refractivity contribution in [3.63, 3.8) is 0 Å². The lowest BCUT2D eigenvalue weighted by Gasteiger charge is -2.41. The van der Waals surface area contributed by atoms with Gasteiger partial charge < -0.3 is 15.1 Å². The zero-order valence-electron chi connectivity index (χ0n) is 22.3. The molecule has 2 amide bonds. The smallest absolute Gasteiger partial charge is 0.272 e. The van der Waals surface area contributed by atoms with E-state index in [0.717, 1.165) is 56.3 Å². The van der Waals surface area contributed by atoms with E-state index in [4.69, 9.17) is 5.10 Å². The number of para-hydroxylation sites is 1. The second-order valence-corrected chi connectivity index (χ2v) is 11.4. The van der Waals surface area contributed by atoms with Gasteiger partial charge in [-0.2, -0.15) is 5.10 Å². The number of amides is 2. The number of carbonyl (C=O) groups is 2. The molecule has 36 heavy (non-hydrogen) atoms. The van der Waals surface area contributed by atoms with Crippen LogP contribution in [-0.2, 0) is 4.79 Å². The molecule has 0 aliphatic carbocycles. The van der Waals surface area contributed by atoms with E-state index in [1.807, 2.05) is 33.8 Å². The highest BCUT2D eigenvalue weighted by molar-refractivity contribution is 6.05. The lowest BCUT2D eigenvalue weighted by atomic mass is 9.97. The Morgan fingerprint density at radius 2 is 1.86 bits per heavy atom. The molecule has 4 heterocycles. The molecule has 1 aromatic carbocycles. The maximum absolute atomic E-state index is 13.3. The minimum atomic E-state index is -0.0458. The number of hydrogen-bond acceptors (Lipinski definition) is 5. The van der Waals surface area contributed by atoms with Crippen LogP contribution in [0, 0.1) is 0 Å². The number of hydrogen-bond donors (Lipinski definition) is 1. The average Bonchev–Trinajstić information content (AvgIpc) is 3.37. The summed E-state index contributed by atoms with van der Waals surface area (Å²) in [6.45, 7) is 9.72. The van der Waals surface area contributed by atoms with Gasteiger partial charge in [0.25, 0.3) is 5.91 Å². The molecule has 5 rings (SSSR count). The highest BCUT2D eigenvalue weighted by Crippen LogP contribution is 2.36. The Labute approximate surface area is 215 Å². The number of benzene rings is 1. The quantitative estimate of drug-likeness (QED) is 0.640. The lowest BCUT2D eigenvalue weighted by Crippen LogP contribution is -2.53. The zero-order valence-corrected chi connectivity index (χ0v) is 22.3. The Morgan fingerprint density at radius 1 is 1.14 bits per heavy atom.